The first-order chi connectivity index (χ1) is 7.71. The number of hydrogen-bond acceptors (Lipinski definition) is 3. The fraction of sp³-hybridized carbons (Fsp3) is 0.692. The van der Waals surface area contributed by atoms with Crippen molar-refractivity contribution in [3.8, 4) is 5.88 Å². The number of nitrogens with zero attached hydrogens (tertiary/aromatic N) is 2. The molecule has 90 valence electrons. The number of aryl methyl sites for hydroxylation is 2. The molecule has 1 unspecified atom stereocenters. The van der Waals surface area contributed by atoms with Gasteiger partial charge in [-0.15, -0.1) is 0 Å². The van der Waals surface area contributed by atoms with Crippen molar-refractivity contribution in [2.75, 3.05) is 0 Å². The van der Waals surface area contributed by atoms with Crippen molar-refractivity contribution in [3.05, 3.63) is 17.6 Å². The van der Waals surface area contributed by atoms with Crippen LogP contribution in [-0.2, 0) is 12.8 Å². The largest absolute Gasteiger partial charge is 0.474 e. The van der Waals surface area contributed by atoms with Crippen LogP contribution < -0.4 is 4.74 Å². The minimum atomic E-state index is 0.219. The Bertz CT molecular complexity index is 326. The van der Waals surface area contributed by atoms with E-state index in [1.807, 2.05) is 0 Å². The Labute approximate surface area is 98.3 Å². The van der Waals surface area contributed by atoms with Gasteiger partial charge in [0, 0.05) is 0 Å². The maximum atomic E-state index is 5.72. The summed E-state index contributed by atoms with van der Waals surface area (Å²) in [6.07, 6.45) is 5.98. The zero-order chi connectivity index (χ0) is 12.0. The van der Waals surface area contributed by atoms with E-state index >= 15 is 0 Å². The molecule has 0 bridgehead atoms. The lowest BCUT2D eigenvalue weighted by Crippen LogP contribution is -2.13. The van der Waals surface area contributed by atoms with Crippen LogP contribution in [0.15, 0.2) is 6.20 Å². The van der Waals surface area contributed by atoms with Crippen LogP contribution in [0.25, 0.3) is 0 Å². The first-order valence-corrected chi connectivity index (χ1v) is 6.22. The van der Waals surface area contributed by atoms with E-state index in [1.165, 1.54) is 0 Å². The molecule has 0 saturated carbocycles. The topological polar surface area (TPSA) is 35.0 Å². The first kappa shape index (κ1) is 12.9. The average molecular weight is 222 g/mol. The highest BCUT2D eigenvalue weighted by atomic mass is 16.5. The molecule has 16 heavy (non-hydrogen) atoms. The van der Waals surface area contributed by atoms with Gasteiger partial charge in [0.05, 0.1) is 23.7 Å². The predicted molar refractivity (Wildman–Crippen MR) is 65.8 cm³/mol. The molecular formula is C13H22N2O. The second-order valence-corrected chi connectivity index (χ2v) is 4.03. The van der Waals surface area contributed by atoms with Gasteiger partial charge in [-0.1, -0.05) is 27.2 Å². The summed E-state index contributed by atoms with van der Waals surface area (Å²) in [5.74, 6) is 0.662. The van der Waals surface area contributed by atoms with Gasteiger partial charge in [-0.3, -0.25) is 4.98 Å². The molecule has 0 amide bonds. The first-order valence-electron chi connectivity index (χ1n) is 6.22. The van der Waals surface area contributed by atoms with Crippen molar-refractivity contribution in [2.45, 2.75) is 59.5 Å². The maximum absolute atomic E-state index is 5.72. The van der Waals surface area contributed by atoms with E-state index in [4.69, 9.17) is 4.74 Å². The highest BCUT2D eigenvalue weighted by Gasteiger charge is 2.08. The molecule has 0 fully saturated rings. The van der Waals surface area contributed by atoms with Crippen molar-refractivity contribution in [1.82, 2.24) is 9.97 Å². The lowest BCUT2D eigenvalue weighted by atomic mass is 10.2. The molecule has 0 aliphatic heterocycles. The maximum Gasteiger partial charge on any atom is 0.232 e. The Morgan fingerprint density at radius 2 is 1.88 bits per heavy atom. The number of hydrogen-bond donors (Lipinski definition) is 0. The average Bonchev–Trinajstić information content (AvgIpc) is 2.29. The van der Waals surface area contributed by atoms with E-state index < -0.39 is 0 Å². The highest BCUT2D eigenvalue weighted by molar-refractivity contribution is 5.17. The summed E-state index contributed by atoms with van der Waals surface area (Å²) in [5.41, 5.74) is 2.14. The summed E-state index contributed by atoms with van der Waals surface area (Å²) in [6.45, 7) is 8.43. The molecule has 0 aliphatic rings. The van der Waals surface area contributed by atoms with Crippen LogP contribution in [0, 0.1) is 0 Å². The molecule has 3 heteroatoms. The van der Waals surface area contributed by atoms with Gasteiger partial charge in [0.1, 0.15) is 0 Å². The third kappa shape index (κ3) is 3.47. The van der Waals surface area contributed by atoms with Gasteiger partial charge in [0.15, 0.2) is 0 Å². The SMILES string of the molecule is CCCC(C)Oc1cnc(CC)c(CC)n1. The van der Waals surface area contributed by atoms with Gasteiger partial charge in [0.2, 0.25) is 5.88 Å². The molecule has 0 aromatic carbocycles. The Morgan fingerprint density at radius 1 is 1.19 bits per heavy atom. The van der Waals surface area contributed by atoms with Crippen LogP contribution >= 0.6 is 0 Å². The van der Waals surface area contributed by atoms with Crippen LogP contribution in [0.2, 0.25) is 0 Å². The van der Waals surface area contributed by atoms with Crippen molar-refractivity contribution < 1.29 is 4.74 Å². The Balaban J connectivity index is 2.74. The van der Waals surface area contributed by atoms with Crippen molar-refractivity contribution >= 4 is 0 Å². The molecular weight excluding hydrogens is 200 g/mol. The van der Waals surface area contributed by atoms with E-state index in [1.54, 1.807) is 6.20 Å². The molecule has 3 nitrogen and oxygen atoms in total. The van der Waals surface area contributed by atoms with Gasteiger partial charge < -0.3 is 4.74 Å². The van der Waals surface area contributed by atoms with Gasteiger partial charge in [-0.25, -0.2) is 4.98 Å². The molecule has 0 spiro atoms. The second kappa shape index (κ2) is 6.46. The van der Waals surface area contributed by atoms with E-state index in [0.717, 1.165) is 37.1 Å². The van der Waals surface area contributed by atoms with E-state index in [0.29, 0.717) is 5.88 Å². The highest BCUT2D eigenvalue weighted by Crippen LogP contribution is 2.14. The normalized spacial score (nSPS) is 12.5. The summed E-state index contributed by atoms with van der Waals surface area (Å²) < 4.78 is 5.72. The van der Waals surface area contributed by atoms with Gasteiger partial charge in [-0.2, -0.15) is 0 Å². The molecule has 1 aromatic heterocycles. The molecule has 1 atom stereocenters. The molecule has 1 rings (SSSR count). The zero-order valence-corrected chi connectivity index (χ0v) is 10.8. The predicted octanol–water partition coefficient (Wildman–Crippen LogP) is 3.17. The summed E-state index contributed by atoms with van der Waals surface area (Å²) in [7, 11) is 0. The van der Waals surface area contributed by atoms with Crippen LogP contribution in [0.1, 0.15) is 51.9 Å². The van der Waals surface area contributed by atoms with Gasteiger partial charge in [0.25, 0.3) is 0 Å². The number of ether oxygens (including phenoxy) is 1. The minimum absolute atomic E-state index is 0.219. The molecule has 0 saturated heterocycles. The second-order valence-electron chi connectivity index (χ2n) is 4.03. The minimum Gasteiger partial charge on any atom is -0.474 e. The fourth-order valence-corrected chi connectivity index (χ4v) is 1.74. The third-order valence-corrected chi connectivity index (χ3v) is 2.60. The lowest BCUT2D eigenvalue weighted by molar-refractivity contribution is 0.200. The van der Waals surface area contributed by atoms with E-state index in [-0.39, 0.29) is 6.10 Å². The van der Waals surface area contributed by atoms with Crippen LogP contribution in [0.4, 0.5) is 0 Å². The molecule has 1 heterocycles. The molecule has 0 aliphatic carbocycles. The van der Waals surface area contributed by atoms with Crippen molar-refractivity contribution in [3.63, 3.8) is 0 Å². The monoisotopic (exact) mass is 222 g/mol. The van der Waals surface area contributed by atoms with Crippen molar-refractivity contribution in [1.29, 1.82) is 0 Å². The standard InChI is InChI=1S/C13H22N2O/c1-5-8-10(4)16-13-9-14-11(6-2)12(7-3)15-13/h9-10H,5-8H2,1-4H3. The van der Waals surface area contributed by atoms with Gasteiger partial charge >= 0.3 is 0 Å². The summed E-state index contributed by atoms with van der Waals surface area (Å²) in [4.78, 5) is 8.89. The Morgan fingerprint density at radius 3 is 2.44 bits per heavy atom. The number of rotatable bonds is 6. The molecule has 0 radical (unpaired) electrons. The van der Waals surface area contributed by atoms with E-state index in [2.05, 4.69) is 37.7 Å². The van der Waals surface area contributed by atoms with Crippen LogP contribution in [-0.4, -0.2) is 16.1 Å². The smallest absolute Gasteiger partial charge is 0.232 e. The molecule has 0 N–H and O–H groups in total. The van der Waals surface area contributed by atoms with Crippen LogP contribution in [0.5, 0.6) is 5.88 Å². The van der Waals surface area contributed by atoms with Crippen molar-refractivity contribution in [2.24, 2.45) is 0 Å². The molecule has 1 aromatic rings. The zero-order valence-electron chi connectivity index (χ0n) is 10.8. The van der Waals surface area contributed by atoms with Crippen LogP contribution in [0.3, 0.4) is 0 Å². The van der Waals surface area contributed by atoms with Gasteiger partial charge in [-0.05, 0) is 26.2 Å². The van der Waals surface area contributed by atoms with E-state index in [9.17, 15) is 0 Å². The quantitative estimate of drug-likeness (QED) is 0.741. The Kier molecular flexibility index (Phi) is 5.23. The summed E-state index contributed by atoms with van der Waals surface area (Å²) in [6, 6.07) is 0. The summed E-state index contributed by atoms with van der Waals surface area (Å²) in [5, 5.41) is 0. The lowest BCUT2D eigenvalue weighted by Gasteiger charge is -2.14. The number of aromatic nitrogens is 2. The summed E-state index contributed by atoms with van der Waals surface area (Å²) >= 11 is 0. The Hall–Kier alpha value is -1.12. The third-order valence-electron chi connectivity index (χ3n) is 2.60. The fourth-order valence-electron chi connectivity index (χ4n) is 1.74.